The molecule has 1 aliphatic rings. The van der Waals surface area contributed by atoms with Gasteiger partial charge in [-0.05, 0) is 35.4 Å². The summed E-state index contributed by atoms with van der Waals surface area (Å²) in [4.78, 5) is 22.3. The van der Waals surface area contributed by atoms with Crippen molar-refractivity contribution in [2.75, 3.05) is 11.9 Å². The number of anilines is 1. The normalized spacial score (nSPS) is 16.9. The second kappa shape index (κ2) is 5.58. The lowest BCUT2D eigenvalue weighted by Gasteiger charge is -2.14. The van der Waals surface area contributed by atoms with Crippen LogP contribution in [0.3, 0.4) is 0 Å². The van der Waals surface area contributed by atoms with E-state index in [0.29, 0.717) is 24.0 Å². The Balaban J connectivity index is 2.48. The summed E-state index contributed by atoms with van der Waals surface area (Å²) in [6, 6.07) is 1.70. The maximum atomic E-state index is 14.5. The molecule has 2 amide bonds. The molecule has 1 atom stereocenters. The Kier molecular flexibility index (Phi) is 4.04. The van der Waals surface area contributed by atoms with Crippen molar-refractivity contribution in [3.05, 3.63) is 28.6 Å². The summed E-state index contributed by atoms with van der Waals surface area (Å²) >= 11 is 0. The topological polar surface area (TPSA) is 92.4 Å². The second-order valence-corrected chi connectivity index (χ2v) is 5.14. The molecule has 0 saturated heterocycles. The number of aliphatic hydroxyl groups excluding tert-OH is 1. The number of aliphatic hydroxyl groups is 1. The minimum Gasteiger partial charge on any atom is -0.396 e. The number of hydrogen-bond donors (Lipinski definition) is 3. The molecule has 5 nitrogen and oxygen atoms in total. The van der Waals surface area contributed by atoms with Gasteiger partial charge in [-0.3, -0.25) is 9.59 Å². The zero-order chi connectivity index (χ0) is 14.9. The molecule has 2 rings (SSSR count). The third-order valence-corrected chi connectivity index (χ3v) is 3.47. The van der Waals surface area contributed by atoms with E-state index >= 15 is 0 Å². The molecule has 0 heterocycles. The molecule has 1 aromatic rings. The number of carbonyl (C=O) groups is 2. The lowest BCUT2D eigenvalue weighted by Crippen LogP contribution is -2.18. The van der Waals surface area contributed by atoms with Crippen molar-refractivity contribution in [2.45, 2.75) is 26.2 Å². The fourth-order valence-electron chi connectivity index (χ4n) is 2.64. The third-order valence-electron chi connectivity index (χ3n) is 3.47. The largest absolute Gasteiger partial charge is 0.396 e. The van der Waals surface area contributed by atoms with E-state index < -0.39 is 17.6 Å². The van der Waals surface area contributed by atoms with E-state index in [0.717, 1.165) is 5.56 Å². The van der Waals surface area contributed by atoms with Gasteiger partial charge in [-0.1, -0.05) is 6.07 Å². The molecule has 0 saturated carbocycles. The van der Waals surface area contributed by atoms with E-state index in [1.54, 1.807) is 6.07 Å². The summed E-state index contributed by atoms with van der Waals surface area (Å²) in [7, 11) is 0. The maximum Gasteiger partial charge on any atom is 0.221 e. The molecular weight excluding hydrogens is 263 g/mol. The highest BCUT2D eigenvalue weighted by atomic mass is 19.1. The van der Waals surface area contributed by atoms with Crippen molar-refractivity contribution in [2.24, 2.45) is 11.7 Å². The first-order chi connectivity index (χ1) is 9.42. The number of nitrogens with one attached hydrogen (secondary N) is 1. The fourth-order valence-corrected chi connectivity index (χ4v) is 2.64. The molecule has 0 aromatic heterocycles. The van der Waals surface area contributed by atoms with Crippen LogP contribution in [-0.4, -0.2) is 23.5 Å². The maximum absolute atomic E-state index is 14.5. The van der Waals surface area contributed by atoms with Gasteiger partial charge >= 0.3 is 0 Å². The molecule has 1 aromatic carbocycles. The summed E-state index contributed by atoms with van der Waals surface area (Å²) < 4.78 is 14.5. The van der Waals surface area contributed by atoms with Gasteiger partial charge in [0, 0.05) is 13.5 Å². The van der Waals surface area contributed by atoms with E-state index in [9.17, 15) is 19.1 Å². The Labute approximate surface area is 116 Å². The van der Waals surface area contributed by atoms with E-state index in [4.69, 9.17) is 5.73 Å². The summed E-state index contributed by atoms with van der Waals surface area (Å²) in [5.74, 6) is -1.54. The number of benzene rings is 1. The molecule has 1 unspecified atom stereocenters. The van der Waals surface area contributed by atoms with E-state index in [-0.39, 0.29) is 24.6 Å². The number of rotatable bonds is 4. The molecule has 108 valence electrons. The molecule has 6 heteroatoms. The minimum atomic E-state index is -0.590. The van der Waals surface area contributed by atoms with Crippen LogP contribution in [-0.2, 0) is 28.9 Å². The molecule has 20 heavy (non-hydrogen) atoms. The lowest BCUT2D eigenvalue weighted by molar-refractivity contribution is -0.117. The Bertz CT molecular complexity index is 572. The number of amides is 2. The van der Waals surface area contributed by atoms with Crippen LogP contribution >= 0.6 is 0 Å². The van der Waals surface area contributed by atoms with Crippen LogP contribution in [0, 0.1) is 11.7 Å². The fraction of sp³-hybridized carbons (Fsp3) is 0.429. The molecular formula is C14H17FN2O3. The molecule has 0 bridgehead atoms. The van der Waals surface area contributed by atoms with Gasteiger partial charge in [-0.15, -0.1) is 0 Å². The van der Waals surface area contributed by atoms with Crippen LogP contribution in [0.25, 0.3) is 0 Å². The van der Waals surface area contributed by atoms with E-state index in [1.165, 1.54) is 6.92 Å². The molecule has 0 spiro atoms. The summed E-state index contributed by atoms with van der Waals surface area (Å²) in [6.45, 7) is 1.26. The van der Waals surface area contributed by atoms with Gasteiger partial charge in [-0.2, -0.15) is 0 Å². The molecule has 0 radical (unpaired) electrons. The highest BCUT2D eigenvalue weighted by molar-refractivity contribution is 5.91. The molecule has 1 aliphatic carbocycles. The lowest BCUT2D eigenvalue weighted by atomic mass is 10.0. The number of carbonyl (C=O) groups excluding carboxylic acids is 2. The first-order valence-corrected chi connectivity index (χ1v) is 6.42. The Morgan fingerprint density at radius 3 is 2.75 bits per heavy atom. The van der Waals surface area contributed by atoms with E-state index in [2.05, 4.69) is 5.32 Å². The van der Waals surface area contributed by atoms with Crippen molar-refractivity contribution >= 4 is 17.5 Å². The highest BCUT2D eigenvalue weighted by Crippen LogP contribution is 2.35. The van der Waals surface area contributed by atoms with Crippen molar-refractivity contribution in [1.29, 1.82) is 0 Å². The first-order valence-electron chi connectivity index (χ1n) is 6.42. The summed E-state index contributed by atoms with van der Waals surface area (Å²) in [6.07, 6.45) is 0.861. The predicted octanol–water partition coefficient (Wildman–Crippen LogP) is 0.519. The van der Waals surface area contributed by atoms with Crippen molar-refractivity contribution in [3.8, 4) is 0 Å². The van der Waals surface area contributed by atoms with Crippen molar-refractivity contribution in [1.82, 2.24) is 0 Å². The summed E-state index contributed by atoms with van der Waals surface area (Å²) in [5.41, 5.74) is 6.83. The number of nitrogens with two attached hydrogens (primary N) is 1. The Morgan fingerprint density at radius 2 is 2.20 bits per heavy atom. The van der Waals surface area contributed by atoms with Gasteiger partial charge in [0.2, 0.25) is 11.8 Å². The van der Waals surface area contributed by atoms with Crippen LogP contribution in [0.4, 0.5) is 10.1 Å². The van der Waals surface area contributed by atoms with Crippen molar-refractivity contribution < 1.29 is 19.1 Å². The zero-order valence-corrected chi connectivity index (χ0v) is 11.2. The van der Waals surface area contributed by atoms with Crippen LogP contribution in [0.15, 0.2) is 6.07 Å². The monoisotopic (exact) mass is 280 g/mol. The van der Waals surface area contributed by atoms with Crippen LogP contribution in [0.1, 0.15) is 23.6 Å². The first kappa shape index (κ1) is 14.5. The number of halogens is 1. The predicted molar refractivity (Wildman–Crippen MR) is 71.6 cm³/mol. The smallest absolute Gasteiger partial charge is 0.221 e. The molecule has 4 N–H and O–H groups in total. The van der Waals surface area contributed by atoms with E-state index in [1.807, 2.05) is 0 Å². The average molecular weight is 280 g/mol. The highest BCUT2D eigenvalue weighted by Gasteiger charge is 2.28. The minimum absolute atomic E-state index is 0.0191. The van der Waals surface area contributed by atoms with Crippen molar-refractivity contribution in [3.63, 3.8) is 0 Å². The zero-order valence-electron chi connectivity index (χ0n) is 11.2. The van der Waals surface area contributed by atoms with Gasteiger partial charge in [0.05, 0.1) is 12.1 Å². The second-order valence-electron chi connectivity index (χ2n) is 5.14. The Morgan fingerprint density at radius 1 is 1.50 bits per heavy atom. The Hall–Kier alpha value is -1.95. The van der Waals surface area contributed by atoms with Gasteiger partial charge in [0.15, 0.2) is 0 Å². The number of hydrogen-bond acceptors (Lipinski definition) is 3. The number of fused-ring (bicyclic) bond motifs is 1. The molecule has 0 aliphatic heterocycles. The SMILES string of the molecule is CC(=O)Nc1c(CC(N)=O)cc2c(c1F)CC(CO)C2. The third kappa shape index (κ3) is 2.80. The van der Waals surface area contributed by atoms with Gasteiger partial charge < -0.3 is 16.2 Å². The van der Waals surface area contributed by atoms with Crippen LogP contribution in [0.5, 0.6) is 0 Å². The van der Waals surface area contributed by atoms with Gasteiger partial charge in [0.1, 0.15) is 5.82 Å². The van der Waals surface area contributed by atoms with Gasteiger partial charge in [0.25, 0.3) is 0 Å². The average Bonchev–Trinajstić information content (AvgIpc) is 2.76. The summed E-state index contributed by atoms with van der Waals surface area (Å²) in [5, 5.41) is 11.6. The quantitative estimate of drug-likeness (QED) is 0.750. The van der Waals surface area contributed by atoms with Crippen LogP contribution < -0.4 is 11.1 Å². The molecule has 0 fully saturated rings. The van der Waals surface area contributed by atoms with Gasteiger partial charge in [-0.25, -0.2) is 4.39 Å². The van der Waals surface area contributed by atoms with Crippen LogP contribution in [0.2, 0.25) is 0 Å². The number of primary amides is 1. The standard InChI is InChI=1S/C14H17FN2O3/c1-7(19)17-14-10(5-12(16)20)4-9-2-8(6-18)3-11(9)13(14)15/h4,8,18H,2-3,5-6H2,1H3,(H2,16,20)(H,17,19).